The van der Waals surface area contributed by atoms with E-state index in [2.05, 4.69) is 26.5 Å². The van der Waals surface area contributed by atoms with E-state index in [-0.39, 0.29) is 17.9 Å². The predicted octanol–water partition coefficient (Wildman–Crippen LogP) is 5.77. The zero-order valence-electron chi connectivity index (χ0n) is 24.2. The SMILES string of the molecule is COc1cccc(C(=O)Nc2ccc(N3CCN(c4ccccc4OC)CC3)c(C(=O)NC(C)c3ccccc3)c2)c1. The minimum atomic E-state index is -0.281. The van der Waals surface area contributed by atoms with E-state index in [1.165, 1.54) is 0 Å². The number of carbonyl (C=O) groups is 2. The summed E-state index contributed by atoms with van der Waals surface area (Å²) in [6.07, 6.45) is 0. The number of amides is 2. The minimum absolute atomic E-state index is 0.191. The zero-order chi connectivity index (χ0) is 29.5. The molecule has 0 aromatic heterocycles. The minimum Gasteiger partial charge on any atom is -0.497 e. The van der Waals surface area contributed by atoms with E-state index in [9.17, 15) is 9.59 Å². The van der Waals surface area contributed by atoms with Gasteiger partial charge in [0.2, 0.25) is 0 Å². The van der Waals surface area contributed by atoms with E-state index >= 15 is 0 Å². The van der Waals surface area contributed by atoms with E-state index in [4.69, 9.17) is 9.47 Å². The number of rotatable bonds is 9. The molecule has 8 heteroatoms. The predicted molar refractivity (Wildman–Crippen MR) is 167 cm³/mol. The second kappa shape index (κ2) is 13.1. The lowest BCUT2D eigenvalue weighted by Gasteiger charge is -2.38. The Labute approximate surface area is 246 Å². The molecule has 0 saturated carbocycles. The molecule has 216 valence electrons. The van der Waals surface area contributed by atoms with E-state index in [0.717, 1.165) is 48.9 Å². The molecule has 4 aromatic carbocycles. The largest absolute Gasteiger partial charge is 0.497 e. The number of methoxy groups -OCH3 is 2. The maximum atomic E-state index is 13.8. The molecule has 42 heavy (non-hydrogen) atoms. The molecule has 0 aliphatic carbocycles. The molecule has 4 aromatic rings. The number of benzene rings is 4. The van der Waals surface area contributed by atoms with Gasteiger partial charge in [-0.15, -0.1) is 0 Å². The number of anilines is 3. The Bertz CT molecular complexity index is 1530. The number of nitrogens with one attached hydrogen (secondary N) is 2. The standard InChI is InChI=1S/C34H36N4O4/c1-24(25-10-5-4-6-11-25)35-34(40)29-23-27(36-33(39)26-12-9-13-28(22-26)41-2)16-17-30(29)37-18-20-38(21-19-37)31-14-7-8-15-32(31)42-3/h4-17,22-24H,18-21H2,1-3H3,(H,35,40)(H,36,39). The quantitative estimate of drug-likeness (QED) is 0.269. The number of hydrogen-bond acceptors (Lipinski definition) is 6. The van der Waals surface area contributed by atoms with E-state index in [0.29, 0.717) is 22.6 Å². The molecule has 2 amide bonds. The lowest BCUT2D eigenvalue weighted by atomic mass is 10.1. The Morgan fingerprint density at radius 3 is 2.12 bits per heavy atom. The summed E-state index contributed by atoms with van der Waals surface area (Å²) in [6, 6.07) is 30.2. The van der Waals surface area contributed by atoms with Crippen LogP contribution in [0.25, 0.3) is 0 Å². The number of piperazine rings is 1. The molecule has 1 heterocycles. The van der Waals surface area contributed by atoms with Crippen LogP contribution >= 0.6 is 0 Å². The Morgan fingerprint density at radius 1 is 0.714 bits per heavy atom. The first-order chi connectivity index (χ1) is 20.5. The van der Waals surface area contributed by atoms with Gasteiger partial charge in [-0.05, 0) is 61.0 Å². The normalized spacial score (nSPS) is 13.7. The molecule has 0 bridgehead atoms. The molecular formula is C34H36N4O4. The fraction of sp³-hybridized carbons (Fsp3) is 0.235. The number of para-hydroxylation sites is 2. The first-order valence-corrected chi connectivity index (χ1v) is 14.0. The molecule has 1 fully saturated rings. The van der Waals surface area contributed by atoms with E-state index in [1.54, 1.807) is 44.6 Å². The molecule has 5 rings (SSSR count). The molecule has 1 unspecified atom stereocenters. The molecule has 1 aliphatic rings. The number of ether oxygens (including phenoxy) is 2. The Hall–Kier alpha value is -4.98. The van der Waals surface area contributed by atoms with Crippen molar-refractivity contribution in [3.8, 4) is 11.5 Å². The summed E-state index contributed by atoms with van der Waals surface area (Å²) >= 11 is 0. The van der Waals surface area contributed by atoms with E-state index in [1.807, 2.05) is 67.6 Å². The molecule has 2 N–H and O–H groups in total. The molecule has 1 aliphatic heterocycles. The summed E-state index contributed by atoms with van der Waals surface area (Å²) < 4.78 is 10.8. The van der Waals surface area contributed by atoms with Crippen molar-refractivity contribution in [2.75, 3.05) is 55.5 Å². The zero-order valence-corrected chi connectivity index (χ0v) is 24.2. The second-order valence-corrected chi connectivity index (χ2v) is 10.2. The van der Waals surface area contributed by atoms with Crippen LogP contribution in [-0.4, -0.2) is 52.2 Å². The van der Waals surface area contributed by atoms with Crippen molar-refractivity contribution < 1.29 is 19.1 Å². The van der Waals surface area contributed by atoms with Crippen molar-refractivity contribution in [1.82, 2.24) is 5.32 Å². The van der Waals surface area contributed by atoms with Gasteiger partial charge in [-0.25, -0.2) is 0 Å². The van der Waals surface area contributed by atoms with Crippen LogP contribution in [-0.2, 0) is 0 Å². The van der Waals surface area contributed by atoms with Crippen LogP contribution in [0.1, 0.15) is 39.2 Å². The van der Waals surface area contributed by atoms with Crippen LogP contribution in [0, 0.1) is 0 Å². The van der Waals surface area contributed by atoms with Gasteiger partial charge >= 0.3 is 0 Å². The van der Waals surface area contributed by atoms with Gasteiger partial charge < -0.3 is 29.9 Å². The summed E-state index contributed by atoms with van der Waals surface area (Å²) in [7, 11) is 3.25. The fourth-order valence-electron chi connectivity index (χ4n) is 5.22. The van der Waals surface area contributed by atoms with Gasteiger partial charge in [-0.1, -0.05) is 48.5 Å². The number of hydrogen-bond donors (Lipinski definition) is 2. The van der Waals surface area contributed by atoms with Crippen LogP contribution in [0.3, 0.4) is 0 Å². The first-order valence-electron chi connectivity index (χ1n) is 14.0. The third-order valence-electron chi connectivity index (χ3n) is 7.52. The van der Waals surface area contributed by atoms with Gasteiger partial charge in [0.1, 0.15) is 11.5 Å². The summed E-state index contributed by atoms with van der Waals surface area (Å²) in [5.74, 6) is 0.958. The first kappa shape index (κ1) is 28.5. The van der Waals surface area contributed by atoms with Crippen molar-refractivity contribution in [2.24, 2.45) is 0 Å². The van der Waals surface area contributed by atoms with Gasteiger partial charge in [0.15, 0.2) is 0 Å². The van der Waals surface area contributed by atoms with Gasteiger partial charge in [0.25, 0.3) is 11.8 Å². The highest BCUT2D eigenvalue weighted by molar-refractivity contribution is 6.06. The second-order valence-electron chi connectivity index (χ2n) is 10.2. The van der Waals surface area contributed by atoms with Crippen LogP contribution < -0.4 is 29.9 Å². The molecular weight excluding hydrogens is 528 g/mol. The Kier molecular flexibility index (Phi) is 8.92. The smallest absolute Gasteiger partial charge is 0.255 e. The number of nitrogens with zero attached hydrogens (tertiary/aromatic N) is 2. The highest BCUT2D eigenvalue weighted by Gasteiger charge is 2.24. The van der Waals surface area contributed by atoms with Crippen LogP contribution in [0.4, 0.5) is 17.1 Å². The maximum Gasteiger partial charge on any atom is 0.255 e. The molecule has 1 atom stereocenters. The Morgan fingerprint density at radius 2 is 1.40 bits per heavy atom. The highest BCUT2D eigenvalue weighted by Crippen LogP contribution is 2.31. The van der Waals surface area contributed by atoms with Crippen molar-refractivity contribution in [2.45, 2.75) is 13.0 Å². The summed E-state index contributed by atoms with van der Waals surface area (Å²) in [5, 5.41) is 6.09. The van der Waals surface area contributed by atoms with Gasteiger partial charge in [-0.2, -0.15) is 0 Å². The van der Waals surface area contributed by atoms with Gasteiger partial charge in [0, 0.05) is 43.1 Å². The summed E-state index contributed by atoms with van der Waals surface area (Å²) in [4.78, 5) is 31.3. The molecule has 0 spiro atoms. The van der Waals surface area contributed by atoms with Crippen LogP contribution in [0.5, 0.6) is 11.5 Å². The monoisotopic (exact) mass is 564 g/mol. The summed E-state index contributed by atoms with van der Waals surface area (Å²) in [6.45, 7) is 4.96. The van der Waals surface area contributed by atoms with Crippen LogP contribution in [0.15, 0.2) is 97.1 Å². The third-order valence-corrected chi connectivity index (χ3v) is 7.52. The average Bonchev–Trinajstić information content (AvgIpc) is 3.05. The van der Waals surface area contributed by atoms with Crippen LogP contribution in [0.2, 0.25) is 0 Å². The third kappa shape index (κ3) is 6.49. The lowest BCUT2D eigenvalue weighted by molar-refractivity contribution is 0.0939. The van der Waals surface area contributed by atoms with Crippen molar-refractivity contribution in [3.63, 3.8) is 0 Å². The van der Waals surface area contributed by atoms with Crippen molar-refractivity contribution in [3.05, 3.63) is 114 Å². The van der Waals surface area contributed by atoms with Crippen molar-refractivity contribution >= 4 is 28.9 Å². The highest BCUT2D eigenvalue weighted by atomic mass is 16.5. The summed E-state index contributed by atoms with van der Waals surface area (Å²) in [5.41, 5.74) is 4.41. The van der Waals surface area contributed by atoms with Gasteiger partial charge in [0.05, 0.1) is 31.5 Å². The number of carbonyl (C=O) groups excluding carboxylic acids is 2. The molecule has 1 saturated heterocycles. The molecule has 0 radical (unpaired) electrons. The Balaban J connectivity index is 1.39. The van der Waals surface area contributed by atoms with Gasteiger partial charge in [-0.3, -0.25) is 9.59 Å². The fourth-order valence-corrected chi connectivity index (χ4v) is 5.22. The molecule has 8 nitrogen and oxygen atoms in total. The van der Waals surface area contributed by atoms with E-state index < -0.39 is 0 Å². The lowest BCUT2D eigenvalue weighted by Crippen LogP contribution is -2.47. The van der Waals surface area contributed by atoms with Crippen molar-refractivity contribution in [1.29, 1.82) is 0 Å². The average molecular weight is 565 g/mol. The topological polar surface area (TPSA) is 83.1 Å². The maximum absolute atomic E-state index is 13.8.